The molecule has 5 nitrogen and oxygen atoms in total. The van der Waals surface area contributed by atoms with Gasteiger partial charge in [-0.1, -0.05) is 31.0 Å². The van der Waals surface area contributed by atoms with E-state index in [2.05, 4.69) is 4.99 Å². The molecule has 5 heteroatoms. The molecule has 0 unspecified atom stereocenters. The fraction of sp³-hybridized carbons (Fsp3) is 0.375. The number of aryl methyl sites for hydroxylation is 1. The first-order valence-electron chi connectivity index (χ1n) is 7.11. The van der Waals surface area contributed by atoms with E-state index in [0.717, 1.165) is 36.9 Å². The quantitative estimate of drug-likeness (QED) is 0.641. The highest BCUT2D eigenvalue weighted by molar-refractivity contribution is 5.48. The summed E-state index contributed by atoms with van der Waals surface area (Å²) < 4.78 is 3.14. The van der Waals surface area contributed by atoms with E-state index < -0.39 is 5.54 Å². The van der Waals surface area contributed by atoms with Crippen LogP contribution in [-0.4, -0.2) is 15.2 Å². The van der Waals surface area contributed by atoms with E-state index in [0.29, 0.717) is 0 Å². The SMILES string of the molecule is Cn1ccn(-c2ccccc2C2(N=C=O)CCCC2)c1=O. The van der Waals surface area contributed by atoms with Crippen LogP contribution in [-0.2, 0) is 17.4 Å². The smallest absolute Gasteiger partial charge is 0.302 e. The second-order valence-corrected chi connectivity index (χ2v) is 5.52. The van der Waals surface area contributed by atoms with Gasteiger partial charge in [0.05, 0.1) is 5.69 Å². The number of hydrogen-bond donors (Lipinski definition) is 0. The van der Waals surface area contributed by atoms with Gasteiger partial charge in [0, 0.05) is 25.0 Å². The molecule has 2 aromatic rings. The maximum Gasteiger partial charge on any atom is 0.332 e. The topological polar surface area (TPSA) is 56.4 Å². The van der Waals surface area contributed by atoms with Crippen molar-refractivity contribution >= 4 is 6.08 Å². The molecular formula is C16H17N3O2. The number of para-hydroxylation sites is 1. The van der Waals surface area contributed by atoms with Gasteiger partial charge in [0.25, 0.3) is 0 Å². The van der Waals surface area contributed by atoms with Crippen molar-refractivity contribution in [3.8, 4) is 5.69 Å². The average Bonchev–Trinajstić information content (AvgIpc) is 3.09. The number of carbonyl (C=O) groups excluding carboxylic acids is 1. The Balaban J connectivity index is 2.23. The van der Waals surface area contributed by atoms with Gasteiger partial charge in [-0.2, -0.15) is 4.99 Å². The fourth-order valence-corrected chi connectivity index (χ4v) is 3.21. The minimum atomic E-state index is -0.534. The monoisotopic (exact) mass is 283 g/mol. The molecule has 0 aliphatic heterocycles. The van der Waals surface area contributed by atoms with Gasteiger partial charge in [-0.25, -0.2) is 9.59 Å². The molecule has 1 aromatic heterocycles. The van der Waals surface area contributed by atoms with Crippen molar-refractivity contribution in [3.05, 3.63) is 52.7 Å². The normalized spacial score (nSPS) is 16.6. The van der Waals surface area contributed by atoms with Crippen LogP contribution in [0.3, 0.4) is 0 Å². The van der Waals surface area contributed by atoms with E-state index in [1.807, 2.05) is 24.3 Å². The van der Waals surface area contributed by atoms with Crippen molar-refractivity contribution < 1.29 is 4.79 Å². The summed E-state index contributed by atoms with van der Waals surface area (Å²) in [6, 6.07) is 7.68. The molecule has 0 atom stereocenters. The first kappa shape index (κ1) is 13.6. The van der Waals surface area contributed by atoms with Crippen LogP contribution in [0.1, 0.15) is 31.2 Å². The van der Waals surface area contributed by atoms with Crippen LogP contribution in [0.25, 0.3) is 5.69 Å². The van der Waals surface area contributed by atoms with Crippen LogP contribution in [0.15, 0.2) is 46.4 Å². The van der Waals surface area contributed by atoms with E-state index >= 15 is 0 Å². The summed E-state index contributed by atoms with van der Waals surface area (Å²) in [7, 11) is 1.72. The molecule has 0 amide bonds. The largest absolute Gasteiger partial charge is 0.332 e. The van der Waals surface area contributed by atoms with Crippen molar-refractivity contribution in [3.63, 3.8) is 0 Å². The standard InChI is InChI=1S/C16H17N3O2/c1-18-10-11-19(15(18)21)14-7-3-2-6-13(14)16(17-12-20)8-4-5-9-16/h2-3,6-7,10-11H,4-5,8-9H2,1H3. The Hall–Kier alpha value is -2.39. The number of benzene rings is 1. The van der Waals surface area contributed by atoms with Gasteiger partial charge < -0.3 is 4.57 Å². The number of aromatic nitrogens is 2. The third-order valence-corrected chi connectivity index (χ3v) is 4.30. The van der Waals surface area contributed by atoms with E-state index in [-0.39, 0.29) is 5.69 Å². The van der Waals surface area contributed by atoms with Gasteiger partial charge >= 0.3 is 5.69 Å². The van der Waals surface area contributed by atoms with E-state index in [9.17, 15) is 9.59 Å². The number of aliphatic imine (C=N–C) groups is 1. The van der Waals surface area contributed by atoms with Crippen LogP contribution in [0.2, 0.25) is 0 Å². The number of hydrogen-bond acceptors (Lipinski definition) is 3. The minimum Gasteiger partial charge on any atom is -0.302 e. The molecule has 1 aliphatic carbocycles. The summed E-state index contributed by atoms with van der Waals surface area (Å²) in [5, 5.41) is 0. The van der Waals surface area contributed by atoms with E-state index in [4.69, 9.17) is 0 Å². The van der Waals surface area contributed by atoms with Gasteiger partial charge in [-0.05, 0) is 18.9 Å². The Morgan fingerprint density at radius 2 is 1.90 bits per heavy atom. The second-order valence-electron chi connectivity index (χ2n) is 5.52. The van der Waals surface area contributed by atoms with Crippen molar-refractivity contribution in [2.45, 2.75) is 31.2 Å². The van der Waals surface area contributed by atoms with Crippen molar-refractivity contribution in [1.29, 1.82) is 0 Å². The molecule has 1 aliphatic rings. The molecule has 0 bridgehead atoms. The molecule has 3 rings (SSSR count). The fourth-order valence-electron chi connectivity index (χ4n) is 3.21. The molecule has 0 saturated heterocycles. The zero-order valence-corrected chi connectivity index (χ0v) is 12.0. The Bertz CT molecular complexity index is 760. The van der Waals surface area contributed by atoms with Gasteiger partial charge in [0.1, 0.15) is 5.54 Å². The van der Waals surface area contributed by atoms with Gasteiger partial charge in [0.15, 0.2) is 0 Å². The highest BCUT2D eigenvalue weighted by Crippen LogP contribution is 2.44. The molecule has 108 valence electrons. The van der Waals surface area contributed by atoms with Gasteiger partial charge in [0.2, 0.25) is 6.08 Å². The molecule has 1 fully saturated rings. The van der Waals surface area contributed by atoms with E-state index in [1.165, 1.54) is 4.57 Å². The molecular weight excluding hydrogens is 266 g/mol. The maximum absolute atomic E-state index is 12.2. The highest BCUT2D eigenvalue weighted by Gasteiger charge is 2.37. The van der Waals surface area contributed by atoms with Crippen LogP contribution in [0.4, 0.5) is 0 Å². The summed E-state index contributed by atoms with van der Waals surface area (Å²) in [6.07, 6.45) is 8.90. The molecule has 0 spiro atoms. The van der Waals surface area contributed by atoms with E-state index in [1.54, 1.807) is 30.1 Å². The lowest BCUT2D eigenvalue weighted by Crippen LogP contribution is -2.26. The highest BCUT2D eigenvalue weighted by atomic mass is 16.1. The molecule has 0 N–H and O–H groups in total. The molecule has 21 heavy (non-hydrogen) atoms. The Morgan fingerprint density at radius 3 is 2.52 bits per heavy atom. The summed E-state index contributed by atoms with van der Waals surface area (Å²) in [4.78, 5) is 27.2. The van der Waals surface area contributed by atoms with Gasteiger partial charge in [-0.15, -0.1) is 0 Å². The van der Waals surface area contributed by atoms with Gasteiger partial charge in [-0.3, -0.25) is 4.57 Å². The summed E-state index contributed by atoms with van der Waals surface area (Å²) in [6.45, 7) is 0. The van der Waals surface area contributed by atoms with Crippen molar-refractivity contribution in [1.82, 2.24) is 9.13 Å². The third-order valence-electron chi connectivity index (χ3n) is 4.30. The lowest BCUT2D eigenvalue weighted by molar-refractivity contribution is 0.454. The maximum atomic E-state index is 12.2. The lowest BCUT2D eigenvalue weighted by Gasteiger charge is -2.25. The van der Waals surface area contributed by atoms with Crippen LogP contribution in [0.5, 0.6) is 0 Å². The first-order chi connectivity index (χ1) is 10.2. The zero-order chi connectivity index (χ0) is 14.9. The zero-order valence-electron chi connectivity index (χ0n) is 12.0. The van der Waals surface area contributed by atoms with Crippen molar-refractivity contribution in [2.24, 2.45) is 12.0 Å². The molecule has 0 radical (unpaired) electrons. The van der Waals surface area contributed by atoms with Crippen LogP contribution >= 0.6 is 0 Å². The van der Waals surface area contributed by atoms with Crippen LogP contribution < -0.4 is 5.69 Å². The number of rotatable bonds is 3. The second kappa shape index (κ2) is 5.19. The number of imidazole rings is 1. The first-order valence-corrected chi connectivity index (χ1v) is 7.11. The number of nitrogens with zero attached hydrogens (tertiary/aromatic N) is 3. The Morgan fingerprint density at radius 1 is 1.19 bits per heavy atom. The minimum absolute atomic E-state index is 0.106. The molecule has 1 saturated carbocycles. The Kier molecular flexibility index (Phi) is 3.35. The third kappa shape index (κ3) is 2.16. The Labute approximate surface area is 122 Å². The average molecular weight is 283 g/mol. The predicted octanol–water partition coefficient (Wildman–Crippen LogP) is 2.28. The summed E-state index contributed by atoms with van der Waals surface area (Å²) >= 11 is 0. The summed E-state index contributed by atoms with van der Waals surface area (Å²) in [5.74, 6) is 0. The molecule has 1 aromatic carbocycles. The molecule has 1 heterocycles. The predicted molar refractivity (Wildman–Crippen MR) is 79.3 cm³/mol. The van der Waals surface area contributed by atoms with Crippen molar-refractivity contribution in [2.75, 3.05) is 0 Å². The lowest BCUT2D eigenvalue weighted by atomic mass is 9.87. The summed E-state index contributed by atoms with van der Waals surface area (Å²) in [5.41, 5.74) is 1.09. The number of isocyanates is 1. The van der Waals surface area contributed by atoms with Crippen LogP contribution in [0, 0.1) is 0 Å².